The third-order valence-corrected chi connectivity index (χ3v) is 5.44. The number of urea groups is 1. The zero-order valence-electron chi connectivity index (χ0n) is 18.2. The number of aliphatic hydroxyl groups excluding tert-OH is 1. The van der Waals surface area contributed by atoms with Gasteiger partial charge in [-0.05, 0) is 87.7 Å². The van der Waals surface area contributed by atoms with Crippen LogP contribution in [-0.4, -0.2) is 60.3 Å². The number of hydrogen-bond acceptors (Lipinski definition) is 4. The van der Waals surface area contributed by atoms with Gasteiger partial charge in [-0.1, -0.05) is 12.1 Å². The Morgan fingerprint density at radius 2 is 1.90 bits per heavy atom. The molecule has 30 heavy (non-hydrogen) atoms. The highest BCUT2D eigenvalue weighted by Crippen LogP contribution is 2.24. The van der Waals surface area contributed by atoms with Crippen LogP contribution in [0.3, 0.4) is 0 Å². The number of ether oxygens (including phenoxy) is 1. The molecule has 1 heterocycles. The number of nitrogens with zero attached hydrogens (tertiary/aromatic N) is 2. The van der Waals surface area contributed by atoms with Gasteiger partial charge in [-0.25, -0.2) is 4.79 Å². The lowest BCUT2D eigenvalue weighted by Crippen LogP contribution is -2.42. The zero-order valence-corrected chi connectivity index (χ0v) is 18.2. The highest BCUT2D eigenvalue weighted by atomic mass is 16.5. The molecule has 3 rings (SSSR count). The Bertz CT molecular complexity index is 815. The van der Waals surface area contributed by atoms with Crippen LogP contribution in [0.5, 0.6) is 11.5 Å². The molecule has 1 saturated heterocycles. The van der Waals surface area contributed by atoms with Gasteiger partial charge in [0.1, 0.15) is 11.5 Å². The van der Waals surface area contributed by atoms with Crippen molar-refractivity contribution in [3.63, 3.8) is 0 Å². The number of piperidine rings is 1. The number of anilines is 1. The Kier molecular flexibility index (Phi) is 7.71. The standard InChI is InChI=1S/C24H33N3O3/c1-18-5-4-6-23(15-18)30-22-9-7-21(8-10-22)25-24(29)26(3)17-20-11-13-27(14-12-20)16-19(2)28/h4-10,15,19-20,28H,11-14,16-17H2,1-3H3,(H,25,29)/t19-/m0/s1. The summed E-state index contributed by atoms with van der Waals surface area (Å²) < 4.78 is 5.86. The lowest BCUT2D eigenvalue weighted by molar-refractivity contribution is 0.0951. The Morgan fingerprint density at radius 3 is 2.53 bits per heavy atom. The summed E-state index contributed by atoms with van der Waals surface area (Å²) in [5.41, 5.74) is 1.89. The van der Waals surface area contributed by atoms with E-state index in [4.69, 9.17) is 4.74 Å². The molecule has 0 radical (unpaired) electrons. The normalized spacial score (nSPS) is 16.1. The molecule has 1 fully saturated rings. The number of likely N-dealkylation sites (tertiary alicyclic amines) is 1. The SMILES string of the molecule is Cc1cccc(Oc2ccc(NC(=O)N(C)CC3CCN(C[C@H](C)O)CC3)cc2)c1. The van der Waals surface area contributed by atoms with Gasteiger partial charge in [0.25, 0.3) is 0 Å². The second kappa shape index (κ2) is 10.5. The van der Waals surface area contributed by atoms with Crippen LogP contribution in [0.4, 0.5) is 10.5 Å². The fourth-order valence-electron chi connectivity index (χ4n) is 3.84. The first-order valence-corrected chi connectivity index (χ1v) is 10.7. The van der Waals surface area contributed by atoms with Crippen LogP contribution in [0, 0.1) is 12.8 Å². The fraction of sp³-hybridized carbons (Fsp3) is 0.458. The van der Waals surface area contributed by atoms with E-state index in [0.29, 0.717) is 5.92 Å². The minimum atomic E-state index is -0.288. The van der Waals surface area contributed by atoms with E-state index in [1.54, 1.807) is 4.90 Å². The molecular formula is C24H33N3O3. The largest absolute Gasteiger partial charge is 0.457 e. The van der Waals surface area contributed by atoms with Gasteiger partial charge in [-0.3, -0.25) is 0 Å². The average molecular weight is 412 g/mol. The molecule has 2 amide bonds. The third-order valence-electron chi connectivity index (χ3n) is 5.44. The second-order valence-corrected chi connectivity index (χ2v) is 8.35. The number of aliphatic hydroxyl groups is 1. The smallest absolute Gasteiger partial charge is 0.321 e. The van der Waals surface area contributed by atoms with Crippen molar-refractivity contribution in [2.24, 2.45) is 5.92 Å². The van der Waals surface area contributed by atoms with Crippen LogP contribution in [0.1, 0.15) is 25.3 Å². The number of aryl methyl sites for hydroxylation is 1. The number of carbonyl (C=O) groups excluding carboxylic acids is 1. The van der Waals surface area contributed by atoms with E-state index in [2.05, 4.69) is 10.2 Å². The highest BCUT2D eigenvalue weighted by Gasteiger charge is 2.22. The summed E-state index contributed by atoms with van der Waals surface area (Å²) in [5.74, 6) is 2.03. The molecule has 0 unspecified atom stereocenters. The van der Waals surface area contributed by atoms with E-state index < -0.39 is 0 Å². The van der Waals surface area contributed by atoms with E-state index in [0.717, 1.165) is 61.8 Å². The quantitative estimate of drug-likeness (QED) is 0.711. The van der Waals surface area contributed by atoms with E-state index in [-0.39, 0.29) is 12.1 Å². The minimum Gasteiger partial charge on any atom is -0.457 e. The predicted molar refractivity (Wildman–Crippen MR) is 120 cm³/mol. The number of β-amino-alcohol motifs (C(OH)–C–C–N with tert-alkyl or cyclic N) is 1. The Labute approximate surface area is 179 Å². The molecule has 0 bridgehead atoms. The maximum Gasteiger partial charge on any atom is 0.321 e. The molecule has 0 aliphatic carbocycles. The molecule has 2 aromatic rings. The van der Waals surface area contributed by atoms with Crippen molar-refractivity contribution in [3.8, 4) is 11.5 Å². The molecular weight excluding hydrogens is 378 g/mol. The minimum absolute atomic E-state index is 0.103. The zero-order chi connectivity index (χ0) is 21.5. The molecule has 0 spiro atoms. The lowest BCUT2D eigenvalue weighted by atomic mass is 9.96. The van der Waals surface area contributed by atoms with Crippen molar-refractivity contribution in [3.05, 3.63) is 54.1 Å². The molecule has 2 aromatic carbocycles. The van der Waals surface area contributed by atoms with Crippen molar-refractivity contribution >= 4 is 11.7 Å². The van der Waals surface area contributed by atoms with Crippen molar-refractivity contribution < 1.29 is 14.6 Å². The summed E-state index contributed by atoms with van der Waals surface area (Å²) in [6.45, 7) is 7.28. The molecule has 0 saturated carbocycles. The lowest BCUT2D eigenvalue weighted by Gasteiger charge is -2.34. The van der Waals surface area contributed by atoms with Gasteiger partial charge in [-0.15, -0.1) is 0 Å². The van der Waals surface area contributed by atoms with Gasteiger partial charge in [0.05, 0.1) is 6.10 Å². The summed E-state index contributed by atoms with van der Waals surface area (Å²) in [6, 6.07) is 15.2. The molecule has 1 aliphatic heterocycles. The number of rotatable bonds is 7. The van der Waals surface area contributed by atoms with E-state index >= 15 is 0 Å². The summed E-state index contributed by atoms with van der Waals surface area (Å²) in [7, 11) is 1.84. The highest BCUT2D eigenvalue weighted by molar-refractivity contribution is 5.89. The Hall–Kier alpha value is -2.57. The number of carbonyl (C=O) groups is 1. The first-order valence-electron chi connectivity index (χ1n) is 10.7. The van der Waals surface area contributed by atoms with Gasteiger partial charge in [0.2, 0.25) is 0 Å². The van der Waals surface area contributed by atoms with E-state index in [9.17, 15) is 9.90 Å². The van der Waals surface area contributed by atoms with Gasteiger partial charge in [0, 0.05) is 25.8 Å². The Balaban J connectivity index is 1.45. The first-order chi connectivity index (χ1) is 14.4. The second-order valence-electron chi connectivity index (χ2n) is 8.35. The topological polar surface area (TPSA) is 65.0 Å². The average Bonchev–Trinajstić information content (AvgIpc) is 2.70. The molecule has 6 heteroatoms. The first kappa shape index (κ1) is 22.1. The fourth-order valence-corrected chi connectivity index (χ4v) is 3.84. The van der Waals surface area contributed by atoms with Crippen LogP contribution >= 0.6 is 0 Å². The van der Waals surface area contributed by atoms with Crippen molar-refractivity contribution in [1.82, 2.24) is 9.80 Å². The number of benzene rings is 2. The number of amides is 2. The molecule has 2 N–H and O–H groups in total. The van der Waals surface area contributed by atoms with E-state index in [1.807, 2.05) is 69.4 Å². The maximum atomic E-state index is 12.5. The maximum absolute atomic E-state index is 12.5. The summed E-state index contributed by atoms with van der Waals surface area (Å²) in [6.07, 6.45) is 1.81. The molecule has 162 valence electrons. The van der Waals surface area contributed by atoms with E-state index in [1.165, 1.54) is 0 Å². The van der Waals surface area contributed by atoms with Gasteiger partial charge < -0.3 is 25.0 Å². The van der Waals surface area contributed by atoms with Crippen molar-refractivity contribution in [2.45, 2.75) is 32.8 Å². The van der Waals surface area contributed by atoms with Crippen LogP contribution in [0.2, 0.25) is 0 Å². The van der Waals surface area contributed by atoms with Gasteiger partial charge in [-0.2, -0.15) is 0 Å². The molecule has 0 aromatic heterocycles. The van der Waals surface area contributed by atoms with Crippen LogP contribution in [-0.2, 0) is 0 Å². The third kappa shape index (κ3) is 6.75. The Morgan fingerprint density at radius 1 is 1.20 bits per heavy atom. The summed E-state index contributed by atoms with van der Waals surface area (Å²) in [5, 5.41) is 12.5. The van der Waals surface area contributed by atoms with Crippen molar-refractivity contribution in [1.29, 1.82) is 0 Å². The van der Waals surface area contributed by atoms with Crippen LogP contribution in [0.15, 0.2) is 48.5 Å². The number of hydrogen-bond donors (Lipinski definition) is 2. The van der Waals surface area contributed by atoms with Crippen molar-refractivity contribution in [2.75, 3.05) is 38.5 Å². The molecule has 6 nitrogen and oxygen atoms in total. The summed E-state index contributed by atoms with van der Waals surface area (Å²) >= 11 is 0. The van der Waals surface area contributed by atoms with Crippen LogP contribution in [0.25, 0.3) is 0 Å². The summed E-state index contributed by atoms with van der Waals surface area (Å²) in [4.78, 5) is 16.6. The monoisotopic (exact) mass is 411 g/mol. The van der Waals surface area contributed by atoms with Crippen LogP contribution < -0.4 is 10.1 Å². The predicted octanol–water partition coefficient (Wildman–Crippen LogP) is 4.34. The molecule has 1 aliphatic rings. The molecule has 1 atom stereocenters. The number of nitrogens with one attached hydrogen (secondary N) is 1. The van der Waals surface area contributed by atoms with Gasteiger partial charge in [0.15, 0.2) is 0 Å². The van der Waals surface area contributed by atoms with Gasteiger partial charge >= 0.3 is 6.03 Å².